The van der Waals surface area contributed by atoms with Gasteiger partial charge < -0.3 is 19.5 Å². The van der Waals surface area contributed by atoms with Crippen molar-refractivity contribution < 1.29 is 23.8 Å². The Labute approximate surface area is 156 Å². The number of hydrogen-bond donors (Lipinski definition) is 2. The molecule has 2 aromatic carbocycles. The van der Waals surface area contributed by atoms with Crippen molar-refractivity contribution in [3.05, 3.63) is 53.6 Å². The van der Waals surface area contributed by atoms with Crippen LogP contribution in [0.1, 0.15) is 11.1 Å². The van der Waals surface area contributed by atoms with Crippen LogP contribution in [0.2, 0.25) is 0 Å². The SMILES string of the molecule is COc1ccc(CC(=O)NCC(=O)N/N=C/c2ccc3c(c2)OCO3)cc1. The van der Waals surface area contributed by atoms with Gasteiger partial charge >= 0.3 is 0 Å². The van der Waals surface area contributed by atoms with Crippen molar-refractivity contribution in [2.75, 3.05) is 20.4 Å². The number of rotatable bonds is 7. The summed E-state index contributed by atoms with van der Waals surface area (Å²) in [4.78, 5) is 23.6. The molecule has 0 atom stereocenters. The maximum Gasteiger partial charge on any atom is 0.259 e. The van der Waals surface area contributed by atoms with Crippen molar-refractivity contribution in [1.82, 2.24) is 10.7 Å². The van der Waals surface area contributed by atoms with Gasteiger partial charge in [-0.2, -0.15) is 5.10 Å². The zero-order valence-electron chi connectivity index (χ0n) is 14.7. The molecule has 0 spiro atoms. The summed E-state index contributed by atoms with van der Waals surface area (Å²) in [6, 6.07) is 12.5. The molecule has 1 heterocycles. The van der Waals surface area contributed by atoms with Crippen LogP contribution < -0.4 is 25.0 Å². The van der Waals surface area contributed by atoms with Gasteiger partial charge in [-0.1, -0.05) is 12.1 Å². The Morgan fingerprint density at radius 1 is 1.11 bits per heavy atom. The second-order valence-corrected chi connectivity index (χ2v) is 5.71. The van der Waals surface area contributed by atoms with Crippen molar-refractivity contribution in [3.8, 4) is 17.2 Å². The third-order valence-electron chi connectivity index (χ3n) is 3.77. The lowest BCUT2D eigenvalue weighted by Gasteiger charge is -2.05. The maximum absolute atomic E-state index is 11.9. The summed E-state index contributed by atoms with van der Waals surface area (Å²) in [5.74, 6) is 1.36. The minimum Gasteiger partial charge on any atom is -0.497 e. The summed E-state index contributed by atoms with van der Waals surface area (Å²) in [7, 11) is 1.58. The second kappa shape index (κ2) is 8.70. The molecule has 27 heavy (non-hydrogen) atoms. The van der Waals surface area contributed by atoms with Crippen molar-refractivity contribution in [2.45, 2.75) is 6.42 Å². The highest BCUT2D eigenvalue weighted by Crippen LogP contribution is 2.31. The third-order valence-corrected chi connectivity index (χ3v) is 3.77. The number of amides is 2. The van der Waals surface area contributed by atoms with Crippen molar-refractivity contribution in [1.29, 1.82) is 0 Å². The zero-order chi connectivity index (χ0) is 19.1. The minimum atomic E-state index is -0.421. The lowest BCUT2D eigenvalue weighted by molar-refractivity contribution is -0.125. The van der Waals surface area contributed by atoms with E-state index in [1.54, 1.807) is 49.6 Å². The van der Waals surface area contributed by atoms with E-state index in [0.717, 1.165) is 16.9 Å². The first kappa shape index (κ1) is 18.2. The van der Waals surface area contributed by atoms with Crippen LogP contribution in [0.25, 0.3) is 0 Å². The fourth-order valence-corrected chi connectivity index (χ4v) is 2.38. The van der Waals surface area contributed by atoms with Crippen LogP contribution >= 0.6 is 0 Å². The molecule has 8 nitrogen and oxygen atoms in total. The van der Waals surface area contributed by atoms with E-state index in [4.69, 9.17) is 14.2 Å². The first-order valence-corrected chi connectivity index (χ1v) is 8.25. The van der Waals surface area contributed by atoms with Gasteiger partial charge in [0.1, 0.15) is 5.75 Å². The molecule has 0 radical (unpaired) electrons. The van der Waals surface area contributed by atoms with Crippen LogP contribution in [-0.2, 0) is 16.0 Å². The van der Waals surface area contributed by atoms with E-state index in [9.17, 15) is 9.59 Å². The lowest BCUT2D eigenvalue weighted by atomic mass is 10.1. The first-order chi connectivity index (χ1) is 13.1. The van der Waals surface area contributed by atoms with Gasteiger partial charge in [0.05, 0.1) is 26.3 Å². The highest BCUT2D eigenvalue weighted by Gasteiger charge is 2.12. The van der Waals surface area contributed by atoms with E-state index in [1.807, 2.05) is 0 Å². The van der Waals surface area contributed by atoms with Crippen LogP contribution in [-0.4, -0.2) is 38.5 Å². The van der Waals surface area contributed by atoms with E-state index in [-0.39, 0.29) is 25.7 Å². The molecule has 0 bridgehead atoms. The van der Waals surface area contributed by atoms with E-state index < -0.39 is 5.91 Å². The molecule has 2 amide bonds. The summed E-state index contributed by atoms with van der Waals surface area (Å²) in [6.07, 6.45) is 1.66. The quantitative estimate of drug-likeness (QED) is 0.565. The molecule has 0 unspecified atom stereocenters. The van der Waals surface area contributed by atoms with Crippen LogP contribution in [0, 0.1) is 0 Å². The molecule has 0 saturated heterocycles. The topological polar surface area (TPSA) is 98.2 Å². The standard InChI is InChI=1S/C19H19N3O5/c1-25-15-5-2-13(3-6-15)9-18(23)20-11-19(24)22-21-10-14-4-7-16-17(8-14)27-12-26-16/h2-8,10H,9,11-12H2,1H3,(H,20,23)(H,22,24)/b21-10+. The van der Waals surface area contributed by atoms with E-state index in [2.05, 4.69) is 15.8 Å². The van der Waals surface area contributed by atoms with Crippen LogP contribution in [0.3, 0.4) is 0 Å². The second-order valence-electron chi connectivity index (χ2n) is 5.71. The molecule has 8 heteroatoms. The average Bonchev–Trinajstić information content (AvgIpc) is 3.15. The van der Waals surface area contributed by atoms with Gasteiger partial charge in [0.2, 0.25) is 12.7 Å². The Hall–Kier alpha value is -3.55. The minimum absolute atomic E-state index is 0.159. The molecule has 1 aliphatic heterocycles. The van der Waals surface area contributed by atoms with Gasteiger partial charge in [-0.15, -0.1) is 0 Å². The number of carbonyl (C=O) groups is 2. The lowest BCUT2D eigenvalue weighted by Crippen LogP contribution is -2.35. The van der Waals surface area contributed by atoms with Gasteiger partial charge in [0, 0.05) is 0 Å². The summed E-state index contributed by atoms with van der Waals surface area (Å²) >= 11 is 0. The van der Waals surface area contributed by atoms with Gasteiger partial charge in [-0.3, -0.25) is 9.59 Å². The summed E-state index contributed by atoms with van der Waals surface area (Å²) < 4.78 is 15.6. The van der Waals surface area contributed by atoms with Crippen molar-refractivity contribution >= 4 is 18.0 Å². The molecule has 3 rings (SSSR count). The largest absolute Gasteiger partial charge is 0.497 e. The monoisotopic (exact) mass is 369 g/mol. The van der Waals surface area contributed by atoms with Crippen LogP contribution in [0.5, 0.6) is 17.2 Å². The van der Waals surface area contributed by atoms with Gasteiger partial charge in [-0.05, 0) is 41.5 Å². The summed E-state index contributed by atoms with van der Waals surface area (Å²) in [6.45, 7) is 0.0381. The number of nitrogens with one attached hydrogen (secondary N) is 2. The molecular formula is C19H19N3O5. The average molecular weight is 369 g/mol. The zero-order valence-corrected chi connectivity index (χ0v) is 14.7. The summed E-state index contributed by atoms with van der Waals surface area (Å²) in [5, 5.41) is 6.41. The predicted molar refractivity (Wildman–Crippen MR) is 98.0 cm³/mol. The highest BCUT2D eigenvalue weighted by molar-refractivity contribution is 5.87. The van der Waals surface area contributed by atoms with Crippen LogP contribution in [0.4, 0.5) is 0 Å². The normalized spacial score (nSPS) is 12.0. The molecule has 1 aliphatic rings. The van der Waals surface area contributed by atoms with Crippen molar-refractivity contribution in [2.24, 2.45) is 5.10 Å². The number of nitrogens with zero attached hydrogens (tertiary/aromatic N) is 1. The molecule has 0 saturated carbocycles. The predicted octanol–water partition coefficient (Wildman–Crippen LogP) is 1.23. The number of ether oxygens (including phenoxy) is 3. The van der Waals surface area contributed by atoms with E-state index in [0.29, 0.717) is 11.5 Å². The van der Waals surface area contributed by atoms with Crippen LogP contribution in [0.15, 0.2) is 47.6 Å². The number of carbonyl (C=O) groups excluding carboxylic acids is 2. The number of methoxy groups -OCH3 is 1. The summed E-state index contributed by atoms with van der Waals surface area (Å²) in [5.41, 5.74) is 3.94. The fourth-order valence-electron chi connectivity index (χ4n) is 2.38. The first-order valence-electron chi connectivity index (χ1n) is 8.25. The Kier molecular flexibility index (Phi) is 5.88. The Morgan fingerprint density at radius 3 is 2.67 bits per heavy atom. The molecule has 0 aliphatic carbocycles. The molecule has 2 aromatic rings. The Morgan fingerprint density at radius 2 is 1.89 bits per heavy atom. The fraction of sp³-hybridized carbons (Fsp3) is 0.211. The van der Waals surface area contributed by atoms with E-state index in [1.165, 1.54) is 6.21 Å². The molecular weight excluding hydrogens is 350 g/mol. The number of hydrazone groups is 1. The number of fused-ring (bicyclic) bond motifs is 1. The molecule has 0 aromatic heterocycles. The highest BCUT2D eigenvalue weighted by atomic mass is 16.7. The molecule has 0 fully saturated rings. The third kappa shape index (κ3) is 5.21. The maximum atomic E-state index is 11.9. The smallest absolute Gasteiger partial charge is 0.259 e. The van der Waals surface area contributed by atoms with E-state index >= 15 is 0 Å². The number of hydrogen-bond acceptors (Lipinski definition) is 6. The Balaban J connectivity index is 1.40. The molecule has 140 valence electrons. The molecule has 2 N–H and O–H groups in total. The number of benzene rings is 2. The van der Waals surface area contributed by atoms with Crippen molar-refractivity contribution in [3.63, 3.8) is 0 Å². The van der Waals surface area contributed by atoms with Gasteiger partial charge in [0.15, 0.2) is 11.5 Å². The van der Waals surface area contributed by atoms with Gasteiger partial charge in [-0.25, -0.2) is 5.43 Å². The van der Waals surface area contributed by atoms with Gasteiger partial charge in [0.25, 0.3) is 5.91 Å². The Bertz CT molecular complexity index is 849.